The summed E-state index contributed by atoms with van der Waals surface area (Å²) < 4.78 is 0. The molecule has 0 aliphatic carbocycles. The first kappa shape index (κ1) is 21.0. The molecule has 0 radical (unpaired) electrons. The van der Waals surface area contributed by atoms with Gasteiger partial charge < -0.3 is 10.2 Å². The molecule has 1 saturated heterocycles. The Balaban J connectivity index is 1.32. The number of rotatable bonds is 5. The Hall–Kier alpha value is -3.21. The van der Waals surface area contributed by atoms with E-state index in [2.05, 4.69) is 76.7 Å². The summed E-state index contributed by atoms with van der Waals surface area (Å²) in [6.07, 6.45) is 1.65. The minimum Gasteiger partial charge on any atom is -0.355 e. The van der Waals surface area contributed by atoms with Crippen molar-refractivity contribution >= 4 is 11.7 Å². The largest absolute Gasteiger partial charge is 0.355 e. The number of carbonyl (C=O) groups is 1. The van der Waals surface area contributed by atoms with Crippen molar-refractivity contribution in [1.29, 1.82) is 0 Å². The van der Waals surface area contributed by atoms with E-state index in [1.165, 1.54) is 11.1 Å². The van der Waals surface area contributed by atoms with Crippen LogP contribution in [-0.2, 0) is 4.79 Å². The third-order valence-corrected chi connectivity index (χ3v) is 6.09. The van der Waals surface area contributed by atoms with Crippen molar-refractivity contribution in [2.75, 3.05) is 18.0 Å². The molecule has 1 aliphatic heterocycles. The fourth-order valence-corrected chi connectivity index (χ4v) is 4.09. The number of piperidine rings is 1. The van der Waals surface area contributed by atoms with Gasteiger partial charge in [-0.2, -0.15) is 0 Å². The van der Waals surface area contributed by atoms with Crippen LogP contribution in [0.1, 0.15) is 42.5 Å². The third kappa shape index (κ3) is 5.10. The molecule has 0 bridgehead atoms. The fourth-order valence-electron chi connectivity index (χ4n) is 4.09. The molecule has 1 N–H and O–H groups in total. The van der Waals surface area contributed by atoms with E-state index in [0.717, 1.165) is 48.6 Å². The molecule has 1 atom stereocenters. The molecule has 0 unspecified atom stereocenters. The highest BCUT2D eigenvalue weighted by Gasteiger charge is 2.26. The molecule has 0 spiro atoms. The molecule has 0 saturated carbocycles. The number of hydrogen-bond acceptors (Lipinski definition) is 4. The number of hydrogen-bond donors (Lipinski definition) is 1. The maximum atomic E-state index is 12.8. The molecule has 1 fully saturated rings. The van der Waals surface area contributed by atoms with Gasteiger partial charge in [0.2, 0.25) is 5.91 Å². The van der Waals surface area contributed by atoms with Crippen molar-refractivity contribution in [2.45, 2.75) is 39.7 Å². The Labute approximate surface area is 184 Å². The topological polar surface area (TPSA) is 58.1 Å². The van der Waals surface area contributed by atoms with Gasteiger partial charge in [0, 0.05) is 24.6 Å². The zero-order valence-corrected chi connectivity index (χ0v) is 18.5. The van der Waals surface area contributed by atoms with Crippen molar-refractivity contribution in [2.24, 2.45) is 5.92 Å². The van der Waals surface area contributed by atoms with Gasteiger partial charge in [-0.1, -0.05) is 53.6 Å². The summed E-state index contributed by atoms with van der Waals surface area (Å²) >= 11 is 0. The van der Waals surface area contributed by atoms with Crippen LogP contribution in [0.25, 0.3) is 11.3 Å². The summed E-state index contributed by atoms with van der Waals surface area (Å²) in [5.41, 5.74) is 5.54. The van der Waals surface area contributed by atoms with Crippen LogP contribution in [0.3, 0.4) is 0 Å². The third-order valence-electron chi connectivity index (χ3n) is 6.09. The van der Waals surface area contributed by atoms with E-state index in [9.17, 15) is 4.79 Å². The van der Waals surface area contributed by atoms with Gasteiger partial charge in [0.15, 0.2) is 5.82 Å². The number of amides is 1. The lowest BCUT2D eigenvalue weighted by Crippen LogP contribution is -2.41. The Morgan fingerprint density at radius 1 is 0.968 bits per heavy atom. The predicted octanol–water partition coefficient (Wildman–Crippen LogP) is 4.85. The smallest absolute Gasteiger partial charge is 0.223 e. The quantitative estimate of drug-likeness (QED) is 0.648. The molecular weight excluding hydrogens is 384 g/mol. The molecule has 4 rings (SSSR count). The number of nitrogens with one attached hydrogen (secondary N) is 1. The second-order valence-electron chi connectivity index (χ2n) is 8.55. The Morgan fingerprint density at radius 2 is 1.71 bits per heavy atom. The highest BCUT2D eigenvalue weighted by atomic mass is 16.1. The van der Waals surface area contributed by atoms with Gasteiger partial charge in [-0.3, -0.25) is 4.79 Å². The molecule has 1 aliphatic rings. The summed E-state index contributed by atoms with van der Waals surface area (Å²) in [4.78, 5) is 15.0. The maximum Gasteiger partial charge on any atom is 0.223 e. The zero-order chi connectivity index (χ0) is 21.8. The second kappa shape index (κ2) is 9.29. The monoisotopic (exact) mass is 414 g/mol. The van der Waals surface area contributed by atoms with Crippen LogP contribution >= 0.6 is 0 Å². The highest BCUT2D eigenvalue weighted by molar-refractivity contribution is 5.79. The van der Waals surface area contributed by atoms with Gasteiger partial charge in [-0.15, -0.1) is 10.2 Å². The number of anilines is 1. The molecule has 5 heteroatoms. The van der Waals surface area contributed by atoms with E-state index >= 15 is 0 Å². The van der Waals surface area contributed by atoms with Crippen molar-refractivity contribution < 1.29 is 4.79 Å². The molecule has 31 heavy (non-hydrogen) atoms. The number of carbonyl (C=O) groups excluding carboxylic acids is 1. The molecule has 1 aromatic heterocycles. The number of nitrogens with zero attached hydrogens (tertiary/aromatic N) is 3. The normalized spacial score (nSPS) is 15.5. The molecule has 3 aromatic rings. The van der Waals surface area contributed by atoms with E-state index in [0.29, 0.717) is 0 Å². The van der Waals surface area contributed by atoms with E-state index in [1.54, 1.807) is 0 Å². The van der Waals surface area contributed by atoms with E-state index < -0.39 is 0 Å². The van der Waals surface area contributed by atoms with Gasteiger partial charge in [0.1, 0.15) is 0 Å². The summed E-state index contributed by atoms with van der Waals surface area (Å²) in [5, 5.41) is 12.1. The van der Waals surface area contributed by atoms with Crippen LogP contribution in [0.5, 0.6) is 0 Å². The van der Waals surface area contributed by atoms with E-state index in [4.69, 9.17) is 0 Å². The molecule has 5 nitrogen and oxygen atoms in total. The van der Waals surface area contributed by atoms with Crippen LogP contribution < -0.4 is 10.2 Å². The number of benzene rings is 2. The van der Waals surface area contributed by atoms with Crippen molar-refractivity contribution in [1.82, 2.24) is 15.5 Å². The fraction of sp³-hybridized carbons (Fsp3) is 0.346. The highest BCUT2D eigenvalue weighted by Crippen LogP contribution is 2.25. The lowest BCUT2D eigenvalue weighted by Gasteiger charge is -2.32. The standard InChI is InChI=1S/C26H30N4O/c1-18-7-9-21(10-8-18)20(3)27-26(31)22-13-15-30(16-14-22)25-12-11-24(28-29-25)23-6-4-5-19(2)17-23/h4-12,17,20,22H,13-16H2,1-3H3,(H,27,31)/t20-/m0/s1. The van der Waals surface area contributed by atoms with Gasteiger partial charge in [-0.05, 0) is 57.4 Å². The SMILES string of the molecule is Cc1ccc([C@H](C)NC(=O)C2CCN(c3ccc(-c4cccc(C)c4)nn3)CC2)cc1. The lowest BCUT2D eigenvalue weighted by molar-refractivity contribution is -0.126. The zero-order valence-electron chi connectivity index (χ0n) is 18.5. The van der Waals surface area contributed by atoms with Gasteiger partial charge in [0.25, 0.3) is 0 Å². The van der Waals surface area contributed by atoms with Gasteiger partial charge in [0.05, 0.1) is 11.7 Å². The van der Waals surface area contributed by atoms with E-state index in [1.807, 2.05) is 25.1 Å². The molecule has 160 valence electrons. The minimum absolute atomic E-state index is 0.0196. The van der Waals surface area contributed by atoms with Crippen LogP contribution in [0.2, 0.25) is 0 Å². The van der Waals surface area contributed by atoms with Crippen LogP contribution in [-0.4, -0.2) is 29.2 Å². The molecular formula is C26H30N4O. The average Bonchev–Trinajstić information content (AvgIpc) is 2.80. The lowest BCUT2D eigenvalue weighted by atomic mass is 9.95. The van der Waals surface area contributed by atoms with Gasteiger partial charge >= 0.3 is 0 Å². The summed E-state index contributed by atoms with van der Waals surface area (Å²) in [5.74, 6) is 1.07. The summed E-state index contributed by atoms with van der Waals surface area (Å²) in [6.45, 7) is 7.82. The second-order valence-corrected chi connectivity index (χ2v) is 8.55. The Kier molecular flexibility index (Phi) is 6.31. The molecule has 1 amide bonds. The van der Waals surface area contributed by atoms with Crippen molar-refractivity contribution in [3.8, 4) is 11.3 Å². The van der Waals surface area contributed by atoms with Crippen LogP contribution in [0.4, 0.5) is 5.82 Å². The van der Waals surface area contributed by atoms with E-state index in [-0.39, 0.29) is 17.9 Å². The van der Waals surface area contributed by atoms with Crippen molar-refractivity contribution in [3.63, 3.8) is 0 Å². The predicted molar refractivity (Wildman–Crippen MR) is 125 cm³/mol. The van der Waals surface area contributed by atoms with Crippen LogP contribution in [0, 0.1) is 19.8 Å². The summed E-state index contributed by atoms with van der Waals surface area (Å²) in [7, 11) is 0. The minimum atomic E-state index is 0.0196. The number of aryl methyl sites for hydroxylation is 2. The summed E-state index contributed by atoms with van der Waals surface area (Å²) in [6, 6.07) is 20.7. The first-order chi connectivity index (χ1) is 15.0. The Morgan fingerprint density at radius 3 is 2.35 bits per heavy atom. The van der Waals surface area contributed by atoms with Gasteiger partial charge in [-0.25, -0.2) is 0 Å². The first-order valence-corrected chi connectivity index (χ1v) is 11.0. The number of aromatic nitrogens is 2. The van der Waals surface area contributed by atoms with Crippen molar-refractivity contribution in [3.05, 3.63) is 77.4 Å². The molecule has 2 heterocycles. The Bertz CT molecular complexity index is 1020. The average molecular weight is 415 g/mol. The molecule has 2 aromatic carbocycles. The van der Waals surface area contributed by atoms with Crippen LogP contribution in [0.15, 0.2) is 60.7 Å². The first-order valence-electron chi connectivity index (χ1n) is 11.0. The maximum absolute atomic E-state index is 12.8.